The minimum absolute atomic E-state index is 0.407. The number of halogens is 1. The maximum atomic E-state index is 11.9. The Hall–Kier alpha value is -1.68. The molecule has 1 aromatic carbocycles. The maximum Gasteiger partial charge on any atom is 0.345 e. The van der Waals surface area contributed by atoms with Crippen LogP contribution < -0.4 is 4.74 Å². The zero-order valence-corrected chi connectivity index (χ0v) is 11.7. The third kappa shape index (κ3) is 2.96. The molecule has 1 heterocycles. The summed E-state index contributed by atoms with van der Waals surface area (Å²) in [4.78, 5) is 15.9. The van der Waals surface area contributed by atoms with Crippen molar-refractivity contribution in [3.63, 3.8) is 0 Å². The lowest BCUT2D eigenvalue weighted by Crippen LogP contribution is -2.09. The molecule has 0 aliphatic carbocycles. The van der Waals surface area contributed by atoms with E-state index in [9.17, 15) is 4.79 Å². The third-order valence-electron chi connectivity index (χ3n) is 2.47. The first-order valence-electron chi connectivity index (χ1n) is 5.46. The average Bonchev–Trinajstić information content (AvgIpc) is 2.32. The summed E-state index contributed by atoms with van der Waals surface area (Å²) < 4.78 is 6.09. The van der Waals surface area contributed by atoms with E-state index < -0.39 is 5.97 Å². The molecule has 1 aromatic heterocycles. The number of aryl methyl sites for hydroxylation is 2. The summed E-state index contributed by atoms with van der Waals surface area (Å²) in [5, 5.41) is 0. The number of carbonyl (C=O) groups excluding carboxylic acids is 1. The van der Waals surface area contributed by atoms with Gasteiger partial charge in [-0.25, -0.2) is 4.79 Å². The number of esters is 1. The maximum absolute atomic E-state index is 11.9. The summed E-state index contributed by atoms with van der Waals surface area (Å²) in [6, 6.07) is 7.36. The van der Waals surface area contributed by atoms with Crippen molar-refractivity contribution in [2.75, 3.05) is 0 Å². The van der Waals surface area contributed by atoms with Gasteiger partial charge < -0.3 is 4.74 Å². The Kier molecular flexibility index (Phi) is 3.77. The highest BCUT2D eigenvalue weighted by Crippen LogP contribution is 2.20. The molecule has 0 radical (unpaired) electrons. The van der Waals surface area contributed by atoms with Crippen molar-refractivity contribution in [1.29, 1.82) is 0 Å². The normalized spacial score (nSPS) is 10.2. The van der Waals surface area contributed by atoms with E-state index in [0.717, 1.165) is 15.6 Å². The van der Waals surface area contributed by atoms with Crippen molar-refractivity contribution in [3.05, 3.63) is 57.8 Å². The number of pyridine rings is 1. The first-order chi connectivity index (χ1) is 8.56. The van der Waals surface area contributed by atoms with Gasteiger partial charge in [0.25, 0.3) is 0 Å². The van der Waals surface area contributed by atoms with Crippen LogP contribution in [0.2, 0.25) is 0 Å². The van der Waals surface area contributed by atoms with E-state index in [1.165, 1.54) is 6.20 Å². The fourth-order valence-electron chi connectivity index (χ4n) is 1.60. The van der Waals surface area contributed by atoms with Crippen LogP contribution in [0.15, 0.2) is 41.1 Å². The predicted molar refractivity (Wildman–Crippen MR) is 72.8 cm³/mol. The Bertz CT molecular complexity index is 596. The zero-order chi connectivity index (χ0) is 13.1. The van der Waals surface area contributed by atoms with Gasteiger partial charge in [0.2, 0.25) is 0 Å². The van der Waals surface area contributed by atoms with Gasteiger partial charge in [0.05, 0.1) is 5.56 Å². The molecule has 0 saturated carbocycles. The Balaban J connectivity index is 2.21. The monoisotopic (exact) mass is 305 g/mol. The van der Waals surface area contributed by atoms with Crippen LogP contribution in [-0.2, 0) is 0 Å². The van der Waals surface area contributed by atoms with Crippen molar-refractivity contribution in [2.24, 2.45) is 0 Å². The predicted octanol–water partition coefficient (Wildman–Crippen LogP) is 3.68. The number of rotatable bonds is 2. The summed E-state index contributed by atoms with van der Waals surface area (Å²) in [6.07, 6.45) is 3.10. The third-order valence-corrected chi connectivity index (χ3v) is 2.91. The van der Waals surface area contributed by atoms with E-state index in [1.54, 1.807) is 18.3 Å². The van der Waals surface area contributed by atoms with Gasteiger partial charge >= 0.3 is 5.97 Å². The van der Waals surface area contributed by atoms with Crippen molar-refractivity contribution < 1.29 is 9.53 Å². The van der Waals surface area contributed by atoms with E-state index >= 15 is 0 Å². The van der Waals surface area contributed by atoms with Crippen LogP contribution >= 0.6 is 15.9 Å². The molecule has 0 fully saturated rings. The zero-order valence-electron chi connectivity index (χ0n) is 10.1. The van der Waals surface area contributed by atoms with Crippen molar-refractivity contribution in [1.82, 2.24) is 4.98 Å². The molecule has 0 saturated heterocycles. The number of aromatic nitrogens is 1. The second-order valence-corrected chi connectivity index (χ2v) is 4.97. The Morgan fingerprint density at radius 2 is 2.00 bits per heavy atom. The SMILES string of the molecule is Cc1ccc(OC(=O)c2cncc(Br)c2)c(C)c1. The minimum Gasteiger partial charge on any atom is -0.423 e. The van der Waals surface area contributed by atoms with E-state index in [2.05, 4.69) is 20.9 Å². The smallest absolute Gasteiger partial charge is 0.345 e. The number of carbonyl (C=O) groups is 1. The molecule has 2 aromatic rings. The number of hydrogen-bond acceptors (Lipinski definition) is 3. The molecular weight excluding hydrogens is 294 g/mol. The van der Waals surface area contributed by atoms with Gasteiger partial charge in [-0.05, 0) is 47.5 Å². The van der Waals surface area contributed by atoms with Crippen LogP contribution in [0.1, 0.15) is 21.5 Å². The quantitative estimate of drug-likeness (QED) is 0.627. The standard InChI is InChI=1S/C14H12BrNO2/c1-9-3-4-13(10(2)5-9)18-14(17)11-6-12(15)8-16-7-11/h3-8H,1-2H3. The van der Waals surface area contributed by atoms with Crippen LogP contribution in [-0.4, -0.2) is 11.0 Å². The molecule has 2 rings (SSSR count). The second-order valence-electron chi connectivity index (χ2n) is 4.05. The Morgan fingerprint density at radius 3 is 2.67 bits per heavy atom. The Morgan fingerprint density at radius 1 is 1.22 bits per heavy atom. The van der Waals surface area contributed by atoms with Gasteiger partial charge in [0, 0.05) is 16.9 Å². The topological polar surface area (TPSA) is 39.2 Å². The summed E-state index contributed by atoms with van der Waals surface area (Å²) >= 11 is 3.27. The number of nitrogens with zero attached hydrogens (tertiary/aromatic N) is 1. The fourth-order valence-corrected chi connectivity index (χ4v) is 1.96. The first kappa shape index (κ1) is 12.8. The molecule has 0 atom stereocenters. The van der Waals surface area contributed by atoms with Crippen LogP contribution in [0.5, 0.6) is 5.75 Å². The lowest BCUT2D eigenvalue weighted by atomic mass is 10.1. The van der Waals surface area contributed by atoms with Crippen molar-refractivity contribution in [2.45, 2.75) is 13.8 Å². The molecule has 0 aliphatic heterocycles. The van der Waals surface area contributed by atoms with Gasteiger partial charge in [-0.2, -0.15) is 0 Å². The molecule has 0 amide bonds. The van der Waals surface area contributed by atoms with E-state index in [0.29, 0.717) is 11.3 Å². The van der Waals surface area contributed by atoms with Gasteiger partial charge in [0.1, 0.15) is 5.75 Å². The summed E-state index contributed by atoms with van der Waals surface area (Å²) in [5.41, 5.74) is 2.49. The van der Waals surface area contributed by atoms with Crippen molar-refractivity contribution in [3.8, 4) is 5.75 Å². The molecule has 0 unspecified atom stereocenters. The summed E-state index contributed by atoms with van der Waals surface area (Å²) in [7, 11) is 0. The lowest BCUT2D eigenvalue weighted by Gasteiger charge is -2.07. The van der Waals surface area contributed by atoms with E-state index in [1.807, 2.05) is 26.0 Å². The van der Waals surface area contributed by atoms with Crippen LogP contribution in [0, 0.1) is 13.8 Å². The van der Waals surface area contributed by atoms with Crippen molar-refractivity contribution >= 4 is 21.9 Å². The molecule has 0 aliphatic rings. The molecule has 0 N–H and O–H groups in total. The Labute approximate surface area is 114 Å². The summed E-state index contributed by atoms with van der Waals surface area (Å²) in [6.45, 7) is 3.91. The lowest BCUT2D eigenvalue weighted by molar-refractivity contribution is 0.0733. The molecule has 3 nitrogen and oxygen atoms in total. The largest absolute Gasteiger partial charge is 0.423 e. The van der Waals surface area contributed by atoms with Gasteiger partial charge in [-0.15, -0.1) is 0 Å². The molecule has 0 bridgehead atoms. The minimum atomic E-state index is -0.407. The molecule has 4 heteroatoms. The number of ether oxygens (including phenoxy) is 1. The fraction of sp³-hybridized carbons (Fsp3) is 0.143. The number of benzene rings is 1. The van der Waals surface area contributed by atoms with Gasteiger partial charge in [-0.3, -0.25) is 4.98 Å². The van der Waals surface area contributed by atoms with Gasteiger partial charge in [-0.1, -0.05) is 17.7 Å². The second kappa shape index (κ2) is 5.31. The molecular formula is C14H12BrNO2. The summed E-state index contributed by atoms with van der Waals surface area (Å²) in [5.74, 6) is 0.168. The van der Waals surface area contributed by atoms with E-state index in [4.69, 9.17) is 4.74 Å². The average molecular weight is 306 g/mol. The molecule has 92 valence electrons. The highest BCUT2D eigenvalue weighted by atomic mass is 79.9. The first-order valence-corrected chi connectivity index (χ1v) is 6.25. The number of hydrogen-bond donors (Lipinski definition) is 0. The van der Waals surface area contributed by atoms with Crippen LogP contribution in [0.4, 0.5) is 0 Å². The van der Waals surface area contributed by atoms with Gasteiger partial charge in [0.15, 0.2) is 0 Å². The highest BCUT2D eigenvalue weighted by molar-refractivity contribution is 9.10. The highest BCUT2D eigenvalue weighted by Gasteiger charge is 2.11. The van der Waals surface area contributed by atoms with E-state index in [-0.39, 0.29) is 0 Å². The van der Waals surface area contributed by atoms with Crippen LogP contribution in [0.3, 0.4) is 0 Å². The molecule has 18 heavy (non-hydrogen) atoms. The van der Waals surface area contributed by atoms with Crippen LogP contribution in [0.25, 0.3) is 0 Å². The molecule has 0 spiro atoms.